The number of hydrogen-bond acceptors (Lipinski definition) is 4. The molecule has 2 aliphatic carbocycles. The SMILES string of the molecule is Cl.NCc1nc(C(=O)N(C2CC2)C2CCc3ccccc32)cs1. The molecule has 23 heavy (non-hydrogen) atoms. The first-order valence-corrected chi connectivity index (χ1v) is 8.71. The standard InChI is InChI=1S/C17H19N3OS.ClH/c18-9-16-19-14(10-22-16)17(21)20(12-6-7-12)15-8-5-11-3-1-2-4-13(11)15;/h1-4,10,12,15H,5-9,18H2;1H. The summed E-state index contributed by atoms with van der Waals surface area (Å²) in [7, 11) is 0. The number of thiazole rings is 1. The maximum Gasteiger partial charge on any atom is 0.274 e. The number of nitrogens with two attached hydrogens (primary N) is 1. The van der Waals surface area contributed by atoms with Gasteiger partial charge in [0.15, 0.2) is 0 Å². The quantitative estimate of drug-likeness (QED) is 0.921. The number of aromatic nitrogens is 1. The molecule has 0 aliphatic heterocycles. The van der Waals surface area contributed by atoms with E-state index in [4.69, 9.17) is 5.73 Å². The lowest BCUT2D eigenvalue weighted by Crippen LogP contribution is -2.36. The molecule has 1 saturated carbocycles. The number of carbonyl (C=O) groups is 1. The summed E-state index contributed by atoms with van der Waals surface area (Å²) in [4.78, 5) is 19.5. The lowest BCUT2D eigenvalue weighted by atomic mass is 10.1. The summed E-state index contributed by atoms with van der Waals surface area (Å²) in [6.45, 7) is 0.396. The van der Waals surface area contributed by atoms with Crippen LogP contribution in [-0.2, 0) is 13.0 Å². The normalized spacial score (nSPS) is 19.1. The highest BCUT2D eigenvalue weighted by molar-refractivity contribution is 7.09. The third kappa shape index (κ3) is 3.01. The van der Waals surface area contributed by atoms with Crippen molar-refractivity contribution in [1.82, 2.24) is 9.88 Å². The number of benzene rings is 1. The van der Waals surface area contributed by atoms with Crippen molar-refractivity contribution in [3.05, 3.63) is 51.5 Å². The lowest BCUT2D eigenvalue weighted by molar-refractivity contribution is 0.0652. The number of rotatable bonds is 4. The molecule has 2 aliphatic rings. The van der Waals surface area contributed by atoms with Crippen LogP contribution in [0.15, 0.2) is 29.6 Å². The Hall–Kier alpha value is -1.43. The maximum atomic E-state index is 13.0. The van der Waals surface area contributed by atoms with Crippen LogP contribution in [0.25, 0.3) is 0 Å². The number of amides is 1. The molecule has 6 heteroatoms. The average molecular weight is 350 g/mol. The van der Waals surface area contributed by atoms with E-state index in [0.717, 1.165) is 30.7 Å². The zero-order chi connectivity index (χ0) is 15.1. The first kappa shape index (κ1) is 16.4. The van der Waals surface area contributed by atoms with E-state index in [-0.39, 0.29) is 24.4 Å². The molecule has 4 nitrogen and oxygen atoms in total. The summed E-state index contributed by atoms with van der Waals surface area (Å²) in [6.07, 6.45) is 4.30. The van der Waals surface area contributed by atoms with E-state index in [2.05, 4.69) is 34.1 Å². The molecule has 1 heterocycles. The molecule has 1 fully saturated rings. The van der Waals surface area contributed by atoms with Crippen LogP contribution in [0, 0.1) is 0 Å². The molecule has 1 amide bonds. The Balaban J connectivity index is 0.00000156. The first-order valence-electron chi connectivity index (χ1n) is 7.83. The zero-order valence-electron chi connectivity index (χ0n) is 12.8. The van der Waals surface area contributed by atoms with Crippen LogP contribution >= 0.6 is 23.7 Å². The number of nitrogens with zero attached hydrogens (tertiary/aromatic N) is 2. The summed E-state index contributed by atoms with van der Waals surface area (Å²) < 4.78 is 0. The van der Waals surface area contributed by atoms with E-state index in [1.807, 2.05) is 5.38 Å². The van der Waals surface area contributed by atoms with Gasteiger partial charge in [0.25, 0.3) is 5.91 Å². The molecule has 0 saturated heterocycles. The Kier molecular flexibility index (Phi) is 4.71. The van der Waals surface area contributed by atoms with E-state index in [0.29, 0.717) is 18.3 Å². The Labute approximate surface area is 146 Å². The second-order valence-electron chi connectivity index (χ2n) is 6.03. The van der Waals surface area contributed by atoms with Gasteiger partial charge in [0, 0.05) is 18.0 Å². The van der Waals surface area contributed by atoms with E-state index >= 15 is 0 Å². The highest BCUT2D eigenvalue weighted by atomic mass is 35.5. The number of aryl methyl sites for hydroxylation is 1. The minimum atomic E-state index is 0. The largest absolute Gasteiger partial charge is 0.327 e. The second kappa shape index (κ2) is 6.59. The number of halogens is 1. The zero-order valence-corrected chi connectivity index (χ0v) is 14.4. The van der Waals surface area contributed by atoms with Crippen molar-refractivity contribution in [3.63, 3.8) is 0 Å². The van der Waals surface area contributed by atoms with Crippen LogP contribution in [-0.4, -0.2) is 21.8 Å². The van der Waals surface area contributed by atoms with Gasteiger partial charge < -0.3 is 10.6 Å². The summed E-state index contributed by atoms with van der Waals surface area (Å²) in [5, 5.41) is 2.67. The second-order valence-corrected chi connectivity index (χ2v) is 6.97. The minimum Gasteiger partial charge on any atom is -0.327 e. The maximum absolute atomic E-state index is 13.0. The number of carbonyl (C=O) groups excluding carboxylic acids is 1. The molecule has 4 rings (SSSR count). The van der Waals surface area contributed by atoms with E-state index < -0.39 is 0 Å². The molecule has 2 N–H and O–H groups in total. The first-order chi connectivity index (χ1) is 10.8. The third-order valence-corrected chi connectivity index (χ3v) is 5.43. The minimum absolute atomic E-state index is 0. The van der Waals surface area contributed by atoms with Gasteiger partial charge in [-0.25, -0.2) is 4.98 Å². The van der Waals surface area contributed by atoms with Crippen LogP contribution < -0.4 is 5.73 Å². The van der Waals surface area contributed by atoms with Gasteiger partial charge in [-0.2, -0.15) is 0 Å². The van der Waals surface area contributed by atoms with Crippen LogP contribution in [0.3, 0.4) is 0 Å². The molecule has 0 bridgehead atoms. The predicted molar refractivity (Wildman–Crippen MR) is 93.9 cm³/mol. The van der Waals surface area contributed by atoms with Crippen molar-refractivity contribution in [1.29, 1.82) is 0 Å². The van der Waals surface area contributed by atoms with Crippen molar-refractivity contribution in [2.75, 3.05) is 0 Å². The Morgan fingerprint density at radius 2 is 2.09 bits per heavy atom. The number of fused-ring (bicyclic) bond motifs is 1. The fraction of sp³-hybridized carbons (Fsp3) is 0.412. The summed E-state index contributed by atoms with van der Waals surface area (Å²) in [5.41, 5.74) is 8.88. The van der Waals surface area contributed by atoms with Gasteiger partial charge >= 0.3 is 0 Å². The fourth-order valence-corrected chi connectivity index (χ4v) is 4.02. The van der Waals surface area contributed by atoms with E-state index in [1.54, 1.807) is 0 Å². The van der Waals surface area contributed by atoms with Crippen molar-refractivity contribution in [2.24, 2.45) is 5.73 Å². The van der Waals surface area contributed by atoms with Gasteiger partial charge in [-0.1, -0.05) is 24.3 Å². The van der Waals surface area contributed by atoms with Crippen molar-refractivity contribution >= 4 is 29.7 Å². The van der Waals surface area contributed by atoms with Crippen LogP contribution in [0.2, 0.25) is 0 Å². The molecule has 122 valence electrons. The van der Waals surface area contributed by atoms with E-state index in [1.165, 1.54) is 22.5 Å². The molecule has 1 aromatic heterocycles. The molecule has 1 atom stereocenters. The number of hydrogen-bond donors (Lipinski definition) is 1. The van der Waals surface area contributed by atoms with Gasteiger partial charge in [-0.15, -0.1) is 23.7 Å². The third-order valence-electron chi connectivity index (χ3n) is 4.56. The lowest BCUT2D eigenvalue weighted by Gasteiger charge is -2.29. The van der Waals surface area contributed by atoms with Gasteiger partial charge in [0.05, 0.1) is 6.04 Å². The summed E-state index contributed by atoms with van der Waals surface area (Å²) >= 11 is 1.47. The van der Waals surface area contributed by atoms with Gasteiger partial charge in [-0.3, -0.25) is 4.79 Å². The molecule has 1 aromatic carbocycles. The predicted octanol–water partition coefficient (Wildman–Crippen LogP) is 3.32. The monoisotopic (exact) mass is 349 g/mol. The molecule has 1 unspecified atom stereocenters. The molecular formula is C17H20ClN3OS. The van der Waals surface area contributed by atoms with Crippen molar-refractivity contribution in [2.45, 2.75) is 44.3 Å². The van der Waals surface area contributed by atoms with E-state index in [9.17, 15) is 4.79 Å². The van der Waals surface area contributed by atoms with Crippen LogP contribution in [0.4, 0.5) is 0 Å². The Morgan fingerprint density at radius 3 is 2.78 bits per heavy atom. The highest BCUT2D eigenvalue weighted by Gasteiger charge is 2.41. The van der Waals surface area contributed by atoms with Gasteiger partial charge in [0.2, 0.25) is 0 Å². The Bertz CT molecular complexity index is 713. The molecule has 2 aromatic rings. The molecular weight excluding hydrogens is 330 g/mol. The average Bonchev–Trinajstić information content (AvgIpc) is 3.11. The van der Waals surface area contributed by atoms with Crippen molar-refractivity contribution in [3.8, 4) is 0 Å². The van der Waals surface area contributed by atoms with Crippen LogP contribution in [0.1, 0.15) is 51.9 Å². The van der Waals surface area contributed by atoms with Crippen LogP contribution in [0.5, 0.6) is 0 Å². The smallest absolute Gasteiger partial charge is 0.274 e. The topological polar surface area (TPSA) is 59.2 Å². The summed E-state index contributed by atoms with van der Waals surface area (Å²) in [6, 6.07) is 9.09. The molecule has 0 radical (unpaired) electrons. The highest BCUT2D eigenvalue weighted by Crippen LogP contribution is 2.42. The Morgan fingerprint density at radius 1 is 1.30 bits per heavy atom. The van der Waals surface area contributed by atoms with Gasteiger partial charge in [0.1, 0.15) is 10.7 Å². The summed E-state index contributed by atoms with van der Waals surface area (Å²) in [5.74, 6) is 0.0696. The fourth-order valence-electron chi connectivity index (χ4n) is 3.37. The van der Waals surface area contributed by atoms with Crippen molar-refractivity contribution < 1.29 is 4.79 Å². The van der Waals surface area contributed by atoms with Gasteiger partial charge in [-0.05, 0) is 36.8 Å². The molecule has 0 spiro atoms.